The molecular formula is C20H21BrFNO3. The highest BCUT2D eigenvalue weighted by atomic mass is 79.9. The summed E-state index contributed by atoms with van der Waals surface area (Å²) in [5.41, 5.74) is 1.88. The number of hydrogen-bond donors (Lipinski definition) is 1. The van der Waals surface area contributed by atoms with Gasteiger partial charge in [-0.05, 0) is 61.3 Å². The van der Waals surface area contributed by atoms with Crippen molar-refractivity contribution < 1.29 is 19.0 Å². The number of carboxylic acid groups (broad SMARTS) is 1. The van der Waals surface area contributed by atoms with Gasteiger partial charge in [-0.3, -0.25) is 9.69 Å². The summed E-state index contributed by atoms with van der Waals surface area (Å²) >= 11 is 3.45. The molecule has 0 saturated carbocycles. The molecule has 0 spiro atoms. The van der Waals surface area contributed by atoms with Gasteiger partial charge in [0.1, 0.15) is 0 Å². The SMILES string of the molecule is COc1ccc(C(c2ccc(Br)cc2)N2CCC(C(=O)O)CC2)cc1F. The van der Waals surface area contributed by atoms with Crippen LogP contribution in [0.25, 0.3) is 0 Å². The van der Waals surface area contributed by atoms with Crippen LogP contribution in [-0.2, 0) is 4.79 Å². The number of carboxylic acids is 1. The van der Waals surface area contributed by atoms with Gasteiger partial charge < -0.3 is 9.84 Å². The number of halogens is 2. The Kier molecular flexibility index (Phi) is 5.94. The minimum Gasteiger partial charge on any atom is -0.494 e. The molecule has 1 aliphatic rings. The first-order valence-corrected chi connectivity index (χ1v) is 9.34. The second-order valence-electron chi connectivity index (χ2n) is 6.50. The number of ether oxygens (including phenoxy) is 1. The summed E-state index contributed by atoms with van der Waals surface area (Å²) in [4.78, 5) is 13.5. The van der Waals surface area contributed by atoms with Crippen molar-refractivity contribution in [3.05, 3.63) is 63.9 Å². The Morgan fingerprint density at radius 1 is 1.19 bits per heavy atom. The predicted molar refractivity (Wildman–Crippen MR) is 101 cm³/mol. The summed E-state index contributed by atoms with van der Waals surface area (Å²) in [5.74, 6) is -1.22. The maximum Gasteiger partial charge on any atom is 0.306 e. The fourth-order valence-electron chi connectivity index (χ4n) is 3.52. The van der Waals surface area contributed by atoms with Crippen LogP contribution < -0.4 is 4.74 Å². The average molecular weight is 422 g/mol. The molecule has 1 fully saturated rings. The van der Waals surface area contributed by atoms with Crippen molar-refractivity contribution in [1.29, 1.82) is 0 Å². The first kappa shape index (κ1) is 18.9. The van der Waals surface area contributed by atoms with Crippen molar-refractivity contribution in [3.8, 4) is 5.75 Å². The number of benzene rings is 2. The van der Waals surface area contributed by atoms with Crippen LogP contribution in [0.2, 0.25) is 0 Å². The maximum atomic E-state index is 14.3. The Morgan fingerprint density at radius 2 is 1.81 bits per heavy atom. The van der Waals surface area contributed by atoms with Crippen molar-refractivity contribution in [2.45, 2.75) is 18.9 Å². The Balaban J connectivity index is 1.93. The van der Waals surface area contributed by atoms with E-state index in [1.165, 1.54) is 13.2 Å². The van der Waals surface area contributed by atoms with E-state index < -0.39 is 11.8 Å². The van der Waals surface area contributed by atoms with E-state index in [-0.39, 0.29) is 17.7 Å². The lowest BCUT2D eigenvalue weighted by Crippen LogP contribution is -2.39. The molecule has 1 aliphatic heterocycles. The maximum absolute atomic E-state index is 14.3. The molecule has 1 heterocycles. The van der Waals surface area contributed by atoms with Crippen molar-refractivity contribution in [2.75, 3.05) is 20.2 Å². The Morgan fingerprint density at radius 3 is 2.35 bits per heavy atom. The molecule has 1 atom stereocenters. The highest BCUT2D eigenvalue weighted by molar-refractivity contribution is 9.10. The summed E-state index contributed by atoms with van der Waals surface area (Å²) in [6.07, 6.45) is 1.20. The van der Waals surface area contributed by atoms with E-state index in [4.69, 9.17) is 4.74 Å². The van der Waals surface area contributed by atoms with Gasteiger partial charge in [0, 0.05) is 4.47 Å². The van der Waals surface area contributed by atoms with E-state index in [2.05, 4.69) is 20.8 Å². The van der Waals surface area contributed by atoms with Crippen LogP contribution in [-0.4, -0.2) is 36.2 Å². The molecule has 2 aromatic carbocycles. The third kappa shape index (κ3) is 4.07. The number of likely N-dealkylation sites (tertiary alicyclic amines) is 1. The van der Waals surface area contributed by atoms with Crippen LogP contribution in [0.15, 0.2) is 46.9 Å². The standard InChI is InChI=1S/C20H21BrFNO3/c1-26-18-7-4-15(12-17(18)22)19(13-2-5-16(21)6-3-13)23-10-8-14(9-11-23)20(24)25/h2-7,12,14,19H,8-11H2,1H3,(H,24,25). The fourth-order valence-corrected chi connectivity index (χ4v) is 3.78. The molecule has 26 heavy (non-hydrogen) atoms. The summed E-state index contributed by atoms with van der Waals surface area (Å²) in [5, 5.41) is 9.23. The summed E-state index contributed by atoms with van der Waals surface area (Å²) in [6.45, 7) is 1.32. The van der Waals surface area contributed by atoms with Gasteiger partial charge in [-0.15, -0.1) is 0 Å². The van der Waals surface area contributed by atoms with Crippen LogP contribution in [0, 0.1) is 11.7 Å². The van der Waals surface area contributed by atoms with Crippen LogP contribution in [0.1, 0.15) is 30.0 Å². The normalized spacial score (nSPS) is 17.0. The fraction of sp³-hybridized carbons (Fsp3) is 0.350. The molecule has 0 radical (unpaired) electrons. The van der Waals surface area contributed by atoms with E-state index in [1.54, 1.807) is 6.07 Å². The topological polar surface area (TPSA) is 49.8 Å². The van der Waals surface area contributed by atoms with Gasteiger partial charge in [0.2, 0.25) is 0 Å². The van der Waals surface area contributed by atoms with E-state index in [9.17, 15) is 14.3 Å². The molecule has 0 amide bonds. The molecule has 1 N–H and O–H groups in total. The number of rotatable bonds is 5. The molecule has 6 heteroatoms. The summed E-state index contributed by atoms with van der Waals surface area (Å²) in [7, 11) is 1.45. The van der Waals surface area contributed by atoms with E-state index >= 15 is 0 Å². The molecule has 138 valence electrons. The number of hydrogen-bond acceptors (Lipinski definition) is 3. The molecular weight excluding hydrogens is 401 g/mol. The molecule has 0 aliphatic carbocycles. The zero-order valence-corrected chi connectivity index (χ0v) is 16.1. The van der Waals surface area contributed by atoms with Gasteiger partial charge in [-0.1, -0.05) is 34.1 Å². The third-order valence-electron chi connectivity index (χ3n) is 4.92. The lowest BCUT2D eigenvalue weighted by molar-refractivity contribution is -0.143. The Bertz CT molecular complexity index is 773. The smallest absolute Gasteiger partial charge is 0.306 e. The molecule has 3 rings (SSSR count). The summed E-state index contributed by atoms with van der Waals surface area (Å²) in [6, 6.07) is 12.9. The lowest BCUT2D eigenvalue weighted by atomic mass is 9.91. The molecule has 4 nitrogen and oxygen atoms in total. The van der Waals surface area contributed by atoms with Gasteiger partial charge in [-0.25, -0.2) is 4.39 Å². The van der Waals surface area contributed by atoms with E-state index in [0.29, 0.717) is 25.9 Å². The number of nitrogens with zero attached hydrogens (tertiary/aromatic N) is 1. The number of methoxy groups -OCH3 is 1. The largest absolute Gasteiger partial charge is 0.494 e. The quantitative estimate of drug-likeness (QED) is 0.772. The highest BCUT2D eigenvalue weighted by Gasteiger charge is 2.30. The minimum absolute atomic E-state index is 0.127. The van der Waals surface area contributed by atoms with E-state index in [0.717, 1.165) is 15.6 Å². The van der Waals surface area contributed by atoms with Crippen LogP contribution in [0.5, 0.6) is 5.75 Å². The number of piperidine rings is 1. The Labute approximate surface area is 160 Å². The third-order valence-corrected chi connectivity index (χ3v) is 5.45. The second kappa shape index (κ2) is 8.18. The highest BCUT2D eigenvalue weighted by Crippen LogP contribution is 2.34. The zero-order valence-electron chi connectivity index (χ0n) is 14.5. The van der Waals surface area contributed by atoms with Crippen molar-refractivity contribution in [1.82, 2.24) is 4.90 Å². The van der Waals surface area contributed by atoms with Gasteiger partial charge in [0.25, 0.3) is 0 Å². The van der Waals surface area contributed by atoms with Gasteiger partial charge >= 0.3 is 5.97 Å². The van der Waals surface area contributed by atoms with Crippen molar-refractivity contribution in [2.24, 2.45) is 5.92 Å². The van der Waals surface area contributed by atoms with Crippen LogP contribution in [0.3, 0.4) is 0 Å². The molecule has 0 aromatic heterocycles. The number of carbonyl (C=O) groups is 1. The first-order valence-electron chi connectivity index (χ1n) is 8.55. The minimum atomic E-state index is -0.736. The average Bonchev–Trinajstić information content (AvgIpc) is 2.64. The van der Waals surface area contributed by atoms with Crippen LogP contribution in [0.4, 0.5) is 4.39 Å². The van der Waals surface area contributed by atoms with E-state index in [1.807, 2.05) is 30.3 Å². The second-order valence-corrected chi connectivity index (χ2v) is 7.41. The Hall–Kier alpha value is -1.92. The van der Waals surface area contributed by atoms with Crippen molar-refractivity contribution >= 4 is 21.9 Å². The monoisotopic (exact) mass is 421 g/mol. The zero-order chi connectivity index (χ0) is 18.7. The molecule has 2 aromatic rings. The molecule has 1 saturated heterocycles. The molecule has 1 unspecified atom stereocenters. The van der Waals surface area contributed by atoms with Crippen LogP contribution >= 0.6 is 15.9 Å². The van der Waals surface area contributed by atoms with Crippen molar-refractivity contribution in [3.63, 3.8) is 0 Å². The predicted octanol–water partition coefficient (Wildman–Crippen LogP) is 4.48. The molecule has 0 bridgehead atoms. The van der Waals surface area contributed by atoms with Gasteiger partial charge in [0.15, 0.2) is 11.6 Å². The summed E-state index contributed by atoms with van der Waals surface area (Å²) < 4.78 is 20.3. The van der Waals surface area contributed by atoms with Gasteiger partial charge in [-0.2, -0.15) is 0 Å². The first-order chi connectivity index (χ1) is 12.5. The number of aliphatic carboxylic acids is 1. The lowest BCUT2D eigenvalue weighted by Gasteiger charge is -2.37. The van der Waals surface area contributed by atoms with Gasteiger partial charge in [0.05, 0.1) is 19.1 Å².